The minimum absolute atomic E-state index is 0.479. The van der Waals surface area contributed by atoms with Gasteiger partial charge in [0.2, 0.25) is 0 Å². The average molecular weight is 256 g/mol. The van der Waals surface area contributed by atoms with Crippen LogP contribution in [0.5, 0.6) is 0 Å². The Kier molecular flexibility index (Phi) is 5.17. The van der Waals surface area contributed by atoms with Crippen molar-refractivity contribution >= 4 is 11.8 Å². The number of hydrogen-bond donors (Lipinski definition) is 2. The van der Waals surface area contributed by atoms with E-state index in [0.29, 0.717) is 10.9 Å². The van der Waals surface area contributed by atoms with E-state index in [9.17, 15) is 9.59 Å². The summed E-state index contributed by atoms with van der Waals surface area (Å²) in [5.74, 6) is 0.652. The molecule has 0 unspecified atom stereocenters. The fourth-order valence-corrected chi connectivity index (χ4v) is 1.93. The van der Waals surface area contributed by atoms with Crippen LogP contribution in [0.15, 0.2) is 26.9 Å². The number of likely N-dealkylation sites (N-methyl/N-ethyl adjacent to an activating group) is 1. The summed E-state index contributed by atoms with van der Waals surface area (Å²) in [6, 6.07) is 0. The van der Waals surface area contributed by atoms with Gasteiger partial charge in [-0.1, -0.05) is 30.8 Å². The number of rotatable bonds is 6. The third-order valence-electron chi connectivity index (χ3n) is 1.98. The van der Waals surface area contributed by atoms with Crippen molar-refractivity contribution < 1.29 is 0 Å². The molecule has 7 heteroatoms. The molecule has 1 aromatic rings. The molecule has 0 spiro atoms. The molecule has 0 aromatic carbocycles. The molecule has 17 heavy (non-hydrogen) atoms. The summed E-state index contributed by atoms with van der Waals surface area (Å²) in [5.41, 5.74) is -0.455. The minimum Gasteiger partial charge on any atom is -0.313 e. The molecule has 1 heterocycles. The summed E-state index contributed by atoms with van der Waals surface area (Å²) >= 11 is 1.37. The molecule has 1 rings (SSSR count). The van der Waals surface area contributed by atoms with E-state index in [1.165, 1.54) is 16.4 Å². The number of aryl methyl sites for hydroxylation is 1. The van der Waals surface area contributed by atoms with Crippen molar-refractivity contribution in [3.8, 4) is 0 Å². The Hall–Kier alpha value is -1.34. The van der Waals surface area contributed by atoms with Gasteiger partial charge in [-0.3, -0.25) is 19.4 Å². The summed E-state index contributed by atoms with van der Waals surface area (Å²) in [7, 11) is 1.64. The smallest absolute Gasteiger partial charge is 0.313 e. The monoisotopic (exact) mass is 256 g/mol. The minimum atomic E-state index is -0.761. The molecule has 0 aliphatic heterocycles. The Morgan fingerprint density at radius 3 is 2.94 bits per heavy atom. The molecule has 6 nitrogen and oxygen atoms in total. The zero-order valence-corrected chi connectivity index (χ0v) is 10.8. The number of hydrogen-bond acceptors (Lipinski definition) is 5. The lowest BCUT2D eigenvalue weighted by atomic mass is 10.3. The maximum Gasteiger partial charge on any atom is 0.339 e. The van der Waals surface area contributed by atoms with Crippen LogP contribution in [0.4, 0.5) is 0 Å². The van der Waals surface area contributed by atoms with E-state index in [0.717, 1.165) is 18.7 Å². The Morgan fingerprint density at radius 2 is 2.29 bits per heavy atom. The molecule has 0 saturated carbocycles. The highest BCUT2D eigenvalue weighted by Crippen LogP contribution is 2.14. The zero-order chi connectivity index (χ0) is 12.8. The summed E-state index contributed by atoms with van der Waals surface area (Å²) in [6.07, 6.45) is 0. The number of thioether (sulfide) groups is 1. The molecular formula is C10H16N4O2S. The van der Waals surface area contributed by atoms with Crippen LogP contribution in [-0.4, -0.2) is 33.6 Å². The van der Waals surface area contributed by atoms with Gasteiger partial charge in [0.1, 0.15) is 0 Å². The van der Waals surface area contributed by atoms with Crippen molar-refractivity contribution in [1.82, 2.24) is 20.1 Å². The van der Waals surface area contributed by atoms with Crippen LogP contribution in [0.3, 0.4) is 0 Å². The highest BCUT2D eigenvalue weighted by molar-refractivity contribution is 7.99. The number of nitrogens with one attached hydrogen (secondary N) is 2. The Bertz CT molecular complexity index is 506. The molecule has 0 aliphatic carbocycles. The number of nitrogens with zero attached hydrogens (tertiary/aromatic N) is 2. The van der Waals surface area contributed by atoms with Gasteiger partial charge in [0.05, 0.1) is 0 Å². The number of aromatic amines is 1. The van der Waals surface area contributed by atoms with Gasteiger partial charge >= 0.3 is 11.1 Å². The predicted octanol–water partition coefficient (Wildman–Crippen LogP) is -0.274. The summed E-state index contributed by atoms with van der Waals surface area (Å²) in [5, 5.41) is 6.03. The fourth-order valence-electron chi connectivity index (χ4n) is 1.11. The van der Waals surface area contributed by atoms with Crippen LogP contribution in [0.2, 0.25) is 0 Å². The second-order valence-corrected chi connectivity index (χ2v) is 4.46. The highest BCUT2D eigenvalue weighted by atomic mass is 32.2. The first kappa shape index (κ1) is 13.7. The molecule has 0 saturated heterocycles. The van der Waals surface area contributed by atoms with E-state index in [1.54, 1.807) is 7.05 Å². The van der Waals surface area contributed by atoms with E-state index >= 15 is 0 Å². The number of H-pyrrole nitrogens is 1. The lowest BCUT2D eigenvalue weighted by Crippen LogP contribution is -2.33. The largest absolute Gasteiger partial charge is 0.339 e. The molecule has 94 valence electrons. The average Bonchev–Trinajstić information content (AvgIpc) is 2.29. The van der Waals surface area contributed by atoms with Gasteiger partial charge in [0.15, 0.2) is 5.16 Å². The molecule has 1 aromatic heterocycles. The Labute approximate surface area is 103 Å². The van der Waals surface area contributed by atoms with Gasteiger partial charge in [-0.25, -0.2) is 0 Å². The van der Waals surface area contributed by atoms with Crippen molar-refractivity contribution in [3.63, 3.8) is 0 Å². The van der Waals surface area contributed by atoms with Crippen LogP contribution in [-0.2, 0) is 7.05 Å². The molecule has 0 fully saturated rings. The van der Waals surface area contributed by atoms with Crippen molar-refractivity contribution in [2.45, 2.75) is 12.1 Å². The lowest BCUT2D eigenvalue weighted by molar-refractivity contribution is 0.596. The molecular weight excluding hydrogens is 240 g/mol. The molecule has 0 atom stereocenters. The number of aromatic nitrogens is 3. The zero-order valence-electron chi connectivity index (χ0n) is 9.95. The van der Waals surface area contributed by atoms with Crippen molar-refractivity contribution in [2.75, 3.05) is 18.8 Å². The van der Waals surface area contributed by atoms with Gasteiger partial charge in [-0.05, 0) is 6.54 Å². The first-order chi connectivity index (χ1) is 8.04. The van der Waals surface area contributed by atoms with Crippen LogP contribution >= 0.6 is 11.8 Å². The molecule has 0 radical (unpaired) electrons. The first-order valence-corrected chi connectivity index (χ1v) is 6.20. The fraction of sp³-hybridized carbons (Fsp3) is 0.500. The van der Waals surface area contributed by atoms with Crippen LogP contribution in [0.1, 0.15) is 6.92 Å². The summed E-state index contributed by atoms with van der Waals surface area (Å²) in [6.45, 7) is 7.55. The van der Waals surface area contributed by atoms with Crippen LogP contribution in [0, 0.1) is 0 Å². The maximum atomic E-state index is 11.1. The molecule has 2 N–H and O–H groups in total. The molecule has 0 amide bonds. The van der Waals surface area contributed by atoms with Gasteiger partial charge in [-0.2, -0.15) is 4.98 Å². The third-order valence-corrected chi connectivity index (χ3v) is 3.15. The third kappa shape index (κ3) is 4.20. The summed E-state index contributed by atoms with van der Waals surface area (Å²) in [4.78, 5) is 25.8. The SMILES string of the molecule is C=C(CNCC)CSc1nc(=O)c(=O)[nH]n1C. The van der Waals surface area contributed by atoms with E-state index in [4.69, 9.17) is 0 Å². The van der Waals surface area contributed by atoms with Crippen molar-refractivity contribution in [1.29, 1.82) is 0 Å². The van der Waals surface area contributed by atoms with Gasteiger partial charge in [0, 0.05) is 19.3 Å². The van der Waals surface area contributed by atoms with E-state index in [-0.39, 0.29) is 0 Å². The van der Waals surface area contributed by atoms with Gasteiger partial charge < -0.3 is 5.32 Å². The second kappa shape index (κ2) is 6.41. The summed E-state index contributed by atoms with van der Waals surface area (Å²) < 4.78 is 1.44. The van der Waals surface area contributed by atoms with Gasteiger partial charge in [0.25, 0.3) is 0 Å². The molecule has 0 aliphatic rings. The van der Waals surface area contributed by atoms with Crippen LogP contribution in [0.25, 0.3) is 0 Å². The Balaban J connectivity index is 2.64. The normalized spacial score (nSPS) is 10.5. The molecule has 0 bridgehead atoms. The highest BCUT2D eigenvalue weighted by Gasteiger charge is 2.05. The van der Waals surface area contributed by atoms with Gasteiger partial charge in [-0.15, -0.1) is 0 Å². The van der Waals surface area contributed by atoms with Crippen molar-refractivity contribution in [2.24, 2.45) is 7.05 Å². The Morgan fingerprint density at radius 1 is 1.59 bits per heavy atom. The van der Waals surface area contributed by atoms with E-state index < -0.39 is 11.1 Å². The quantitative estimate of drug-likeness (QED) is 0.416. The first-order valence-electron chi connectivity index (χ1n) is 5.22. The second-order valence-electron chi connectivity index (χ2n) is 3.52. The topological polar surface area (TPSA) is 79.8 Å². The lowest BCUT2D eigenvalue weighted by Gasteiger charge is -2.07. The maximum absolute atomic E-state index is 11.1. The van der Waals surface area contributed by atoms with Crippen LogP contribution < -0.4 is 16.4 Å². The van der Waals surface area contributed by atoms with Crippen molar-refractivity contribution in [3.05, 3.63) is 32.9 Å². The van der Waals surface area contributed by atoms with E-state index in [2.05, 4.69) is 22.0 Å². The predicted molar refractivity (Wildman–Crippen MR) is 68.5 cm³/mol. The standard InChI is InChI=1S/C10H16N4O2S/c1-4-11-5-7(2)6-17-10-12-8(15)9(16)13-14(10)3/h11H,2,4-6H2,1,3H3,(H,13,16). The van der Waals surface area contributed by atoms with E-state index in [1.807, 2.05) is 6.92 Å².